The quantitative estimate of drug-likeness (QED) is 0.378. The second-order valence-electron chi connectivity index (χ2n) is 11.1. The normalized spacial score (nSPS) is 25.0. The number of rotatable bonds is 10. The van der Waals surface area contributed by atoms with Crippen LogP contribution < -0.4 is 4.72 Å². The number of benzene rings is 2. The minimum absolute atomic E-state index is 0.0619. The SMILES string of the molecule is CC(C)S(=O)(=O)NC[C@H](C1CC1)N1C(=O)[C@@](C)(CC(=O)O)CC(c2cccc(Cl)c2)C1c1ccc(Cl)cc1. The van der Waals surface area contributed by atoms with E-state index < -0.39 is 38.7 Å². The molecular formula is C28H34Cl2N2O5S. The number of hydrogen-bond donors (Lipinski definition) is 2. The van der Waals surface area contributed by atoms with E-state index >= 15 is 0 Å². The number of aliphatic carboxylic acids is 1. The zero-order valence-corrected chi connectivity index (χ0v) is 24.1. The summed E-state index contributed by atoms with van der Waals surface area (Å²) in [6, 6.07) is 13.8. The van der Waals surface area contributed by atoms with E-state index in [1.807, 2.05) is 30.3 Å². The lowest BCUT2D eigenvalue weighted by Crippen LogP contribution is -2.59. The van der Waals surface area contributed by atoms with Gasteiger partial charge in [-0.25, -0.2) is 13.1 Å². The van der Waals surface area contributed by atoms with Crippen LogP contribution in [0, 0.1) is 11.3 Å². The van der Waals surface area contributed by atoms with E-state index in [0.717, 1.165) is 24.0 Å². The first kappa shape index (κ1) is 28.9. The average molecular weight is 582 g/mol. The van der Waals surface area contributed by atoms with Crippen molar-refractivity contribution >= 4 is 45.1 Å². The van der Waals surface area contributed by atoms with Crippen LogP contribution in [0.1, 0.15) is 69.5 Å². The monoisotopic (exact) mass is 580 g/mol. The molecule has 2 aromatic rings. The number of carboxylic acid groups (broad SMARTS) is 1. The van der Waals surface area contributed by atoms with Crippen LogP contribution in [-0.2, 0) is 19.6 Å². The van der Waals surface area contributed by atoms with Crippen molar-refractivity contribution < 1.29 is 23.1 Å². The van der Waals surface area contributed by atoms with Crippen molar-refractivity contribution in [3.8, 4) is 0 Å². The van der Waals surface area contributed by atoms with Crippen LogP contribution in [0.2, 0.25) is 10.0 Å². The molecule has 0 bridgehead atoms. The van der Waals surface area contributed by atoms with E-state index in [1.54, 1.807) is 43.9 Å². The highest BCUT2D eigenvalue weighted by Crippen LogP contribution is 2.54. The van der Waals surface area contributed by atoms with Gasteiger partial charge in [-0.3, -0.25) is 9.59 Å². The van der Waals surface area contributed by atoms with Gasteiger partial charge in [-0.05, 0) is 74.4 Å². The molecule has 2 unspecified atom stereocenters. The fraction of sp³-hybridized carbons (Fsp3) is 0.500. The lowest BCUT2D eigenvalue weighted by molar-refractivity contribution is -0.161. The van der Waals surface area contributed by atoms with Gasteiger partial charge in [-0.15, -0.1) is 0 Å². The topological polar surface area (TPSA) is 104 Å². The summed E-state index contributed by atoms with van der Waals surface area (Å²) in [6.07, 6.45) is 1.70. The van der Waals surface area contributed by atoms with Crippen molar-refractivity contribution in [2.75, 3.05) is 6.54 Å². The lowest BCUT2D eigenvalue weighted by Gasteiger charge is -2.52. The van der Waals surface area contributed by atoms with Crippen LogP contribution in [0.25, 0.3) is 0 Å². The number of amides is 1. The Hall–Kier alpha value is -2.13. The molecule has 206 valence electrons. The maximum Gasteiger partial charge on any atom is 0.304 e. The largest absolute Gasteiger partial charge is 0.481 e. The summed E-state index contributed by atoms with van der Waals surface area (Å²) >= 11 is 12.6. The molecule has 1 aliphatic heterocycles. The number of carboxylic acids is 1. The Labute approximate surface area is 234 Å². The molecule has 7 nitrogen and oxygen atoms in total. The highest BCUT2D eigenvalue weighted by Gasteiger charge is 2.54. The average Bonchev–Trinajstić information content (AvgIpc) is 3.67. The summed E-state index contributed by atoms with van der Waals surface area (Å²) in [4.78, 5) is 28.1. The van der Waals surface area contributed by atoms with E-state index in [-0.39, 0.29) is 30.7 Å². The van der Waals surface area contributed by atoms with Crippen LogP contribution in [0.5, 0.6) is 0 Å². The Kier molecular flexibility index (Phi) is 8.48. The molecule has 1 heterocycles. The van der Waals surface area contributed by atoms with E-state index in [9.17, 15) is 23.1 Å². The standard InChI is InChI=1S/C28H34Cl2N2O5S/c1-17(2)38(36,37)31-16-24(18-7-8-18)32-26(19-9-11-21(29)12-10-19)23(20-5-4-6-22(30)13-20)14-28(3,27(32)35)15-25(33)34/h4-6,9-13,17-18,23-24,26,31H,7-8,14-16H2,1-3H3,(H,33,34)/t23?,24-,26?,28-/m1/s1. The number of piperidine rings is 1. The molecule has 0 spiro atoms. The summed E-state index contributed by atoms with van der Waals surface area (Å²) < 4.78 is 28.1. The molecular weight excluding hydrogens is 547 g/mol. The van der Waals surface area contributed by atoms with E-state index in [2.05, 4.69) is 4.72 Å². The molecule has 2 aliphatic rings. The molecule has 38 heavy (non-hydrogen) atoms. The fourth-order valence-electron chi connectivity index (χ4n) is 5.59. The van der Waals surface area contributed by atoms with Gasteiger partial charge in [0.1, 0.15) is 0 Å². The van der Waals surface area contributed by atoms with Crippen LogP contribution in [0.3, 0.4) is 0 Å². The van der Waals surface area contributed by atoms with E-state index in [4.69, 9.17) is 23.2 Å². The first-order valence-electron chi connectivity index (χ1n) is 12.9. The molecule has 1 amide bonds. The zero-order valence-electron chi connectivity index (χ0n) is 21.7. The maximum atomic E-state index is 14.3. The lowest BCUT2D eigenvalue weighted by atomic mass is 9.67. The summed E-state index contributed by atoms with van der Waals surface area (Å²) in [6.45, 7) is 4.98. The summed E-state index contributed by atoms with van der Waals surface area (Å²) in [5.74, 6) is -1.51. The molecule has 0 radical (unpaired) electrons. The third-order valence-corrected chi connectivity index (χ3v) is 10.1. The number of likely N-dealkylation sites (tertiary alicyclic amines) is 1. The molecule has 1 aliphatic carbocycles. The smallest absolute Gasteiger partial charge is 0.304 e. The van der Waals surface area contributed by atoms with Gasteiger partial charge in [0, 0.05) is 28.5 Å². The van der Waals surface area contributed by atoms with Crippen LogP contribution in [0.15, 0.2) is 48.5 Å². The van der Waals surface area contributed by atoms with Crippen molar-refractivity contribution in [3.63, 3.8) is 0 Å². The van der Waals surface area contributed by atoms with Gasteiger partial charge in [0.05, 0.1) is 23.1 Å². The van der Waals surface area contributed by atoms with Gasteiger partial charge in [0.25, 0.3) is 0 Å². The third-order valence-electron chi connectivity index (χ3n) is 7.77. The Morgan fingerprint density at radius 3 is 2.32 bits per heavy atom. The Morgan fingerprint density at radius 1 is 1.11 bits per heavy atom. The van der Waals surface area contributed by atoms with Crippen molar-refractivity contribution in [2.24, 2.45) is 11.3 Å². The summed E-state index contributed by atoms with van der Waals surface area (Å²) in [5.41, 5.74) is 0.553. The molecule has 10 heteroatoms. The van der Waals surface area contributed by atoms with Gasteiger partial charge in [-0.2, -0.15) is 0 Å². The van der Waals surface area contributed by atoms with Crippen molar-refractivity contribution in [1.29, 1.82) is 0 Å². The number of nitrogens with one attached hydrogen (secondary N) is 1. The number of halogens is 2. The minimum atomic E-state index is -3.58. The molecule has 0 aromatic heterocycles. The first-order chi connectivity index (χ1) is 17.8. The van der Waals surface area contributed by atoms with Gasteiger partial charge < -0.3 is 10.0 Å². The Bertz CT molecular complexity index is 1300. The Morgan fingerprint density at radius 2 is 1.76 bits per heavy atom. The van der Waals surface area contributed by atoms with Gasteiger partial charge in [-0.1, -0.05) is 54.4 Å². The third kappa shape index (κ3) is 6.19. The molecule has 1 saturated carbocycles. The number of sulfonamides is 1. The maximum absolute atomic E-state index is 14.3. The van der Waals surface area contributed by atoms with Crippen molar-refractivity contribution in [3.05, 3.63) is 69.7 Å². The van der Waals surface area contributed by atoms with E-state index in [1.165, 1.54) is 0 Å². The summed E-state index contributed by atoms with van der Waals surface area (Å²) in [5, 5.41) is 10.3. The fourth-order valence-corrected chi connectivity index (χ4v) is 6.65. The van der Waals surface area contributed by atoms with Gasteiger partial charge in [0.15, 0.2) is 0 Å². The van der Waals surface area contributed by atoms with Gasteiger partial charge in [0.2, 0.25) is 15.9 Å². The number of carbonyl (C=O) groups is 2. The highest BCUT2D eigenvalue weighted by molar-refractivity contribution is 7.90. The molecule has 1 saturated heterocycles. The number of carbonyl (C=O) groups excluding carboxylic acids is 1. The molecule has 4 rings (SSSR count). The number of nitrogens with zero attached hydrogens (tertiary/aromatic N) is 1. The first-order valence-corrected chi connectivity index (χ1v) is 15.2. The molecule has 2 aromatic carbocycles. The predicted molar refractivity (Wildman–Crippen MR) is 149 cm³/mol. The molecule has 2 fully saturated rings. The Balaban J connectivity index is 1.88. The van der Waals surface area contributed by atoms with Crippen molar-refractivity contribution in [2.45, 2.75) is 69.7 Å². The predicted octanol–water partition coefficient (Wildman–Crippen LogP) is 5.64. The summed E-state index contributed by atoms with van der Waals surface area (Å²) in [7, 11) is -3.58. The second kappa shape index (κ2) is 11.2. The van der Waals surface area contributed by atoms with Crippen molar-refractivity contribution in [1.82, 2.24) is 9.62 Å². The van der Waals surface area contributed by atoms with Crippen LogP contribution in [0.4, 0.5) is 0 Å². The van der Waals surface area contributed by atoms with Crippen LogP contribution in [-0.4, -0.2) is 48.1 Å². The van der Waals surface area contributed by atoms with Crippen LogP contribution >= 0.6 is 23.2 Å². The minimum Gasteiger partial charge on any atom is -0.481 e. The zero-order chi connectivity index (χ0) is 27.8. The highest BCUT2D eigenvalue weighted by atomic mass is 35.5. The molecule has 4 atom stereocenters. The van der Waals surface area contributed by atoms with Gasteiger partial charge >= 0.3 is 5.97 Å². The second-order valence-corrected chi connectivity index (χ2v) is 14.2. The number of hydrogen-bond acceptors (Lipinski definition) is 4. The van der Waals surface area contributed by atoms with E-state index in [0.29, 0.717) is 16.5 Å². The molecule has 2 N–H and O–H groups in total.